The molecule has 0 saturated carbocycles. The van der Waals surface area contributed by atoms with Gasteiger partial charge in [-0.3, -0.25) is 0 Å². The molecule has 3 nitrogen and oxygen atoms in total. The molecule has 4 heteroatoms. The Morgan fingerprint density at radius 2 is 1.80 bits per heavy atom. The number of carbonyl (C=O) groups is 1. The zero-order valence-corrected chi connectivity index (χ0v) is 4.76. The molecular formula is CHNaO3. The van der Waals surface area contributed by atoms with Crippen LogP contribution >= 0.6 is 0 Å². The van der Waals surface area contributed by atoms with Gasteiger partial charge in [0.1, 0.15) is 0 Å². The van der Waals surface area contributed by atoms with E-state index in [1.54, 1.807) is 0 Å². The maximum absolute atomic E-state index is 8.44. The number of hydrogen-bond acceptors (Lipinski definition) is 2. The van der Waals surface area contributed by atoms with E-state index in [0.29, 0.717) is 0 Å². The van der Waals surface area contributed by atoms with Gasteiger partial charge in [-0.15, -0.1) is 0 Å². The first-order valence-corrected chi connectivity index (χ1v) is 0.632. The summed E-state index contributed by atoms with van der Waals surface area (Å²) in [5, 5.41) is 15.3. The average molecular weight is 85.0 g/mol. The summed E-state index contributed by atoms with van der Waals surface area (Å²) < 4.78 is 0. The number of rotatable bonds is 0. The van der Waals surface area contributed by atoms with Gasteiger partial charge >= 0.3 is 29.6 Å². The Labute approximate surface area is 50.9 Å². The van der Waals surface area contributed by atoms with E-state index in [4.69, 9.17) is 15.0 Å². The van der Waals surface area contributed by atoms with E-state index in [1.165, 1.54) is 0 Å². The molecule has 0 aromatic heterocycles. The second-order valence-corrected chi connectivity index (χ2v) is 0.266. The van der Waals surface area contributed by atoms with Crippen LogP contribution in [0.5, 0.6) is 0 Å². The zero-order valence-electron chi connectivity index (χ0n) is 2.76. The van der Waals surface area contributed by atoms with Crippen LogP contribution in [0.4, 0.5) is 4.79 Å². The van der Waals surface area contributed by atoms with Gasteiger partial charge < -0.3 is 15.0 Å². The molecule has 0 radical (unpaired) electrons. The average Bonchev–Trinajstić information content (AvgIpc) is 0.811. The Morgan fingerprint density at radius 1 is 1.80 bits per heavy atom. The standard InChI is InChI=1S/CH2O3.Na/c2-1(3)4;/h(H2,2,3,4);/q;+1/p-1/i1+1;. The van der Waals surface area contributed by atoms with Crippen molar-refractivity contribution >= 4 is 6.16 Å². The number of carboxylic acid groups (broad SMARTS) is 2. The summed E-state index contributed by atoms with van der Waals surface area (Å²) in [4.78, 5) is 8.44. The van der Waals surface area contributed by atoms with Crippen molar-refractivity contribution < 1.29 is 44.6 Å². The fourth-order valence-corrected chi connectivity index (χ4v) is 0. The molecule has 0 unspecified atom stereocenters. The molecule has 1 N–H and O–H groups in total. The minimum atomic E-state index is -2.08. The first-order chi connectivity index (χ1) is 1.73. The van der Waals surface area contributed by atoms with E-state index in [0.717, 1.165) is 0 Å². The van der Waals surface area contributed by atoms with Crippen molar-refractivity contribution in [2.24, 2.45) is 0 Å². The van der Waals surface area contributed by atoms with Crippen LogP contribution in [-0.4, -0.2) is 11.3 Å². The van der Waals surface area contributed by atoms with Crippen molar-refractivity contribution in [3.8, 4) is 0 Å². The van der Waals surface area contributed by atoms with Crippen molar-refractivity contribution in [3.05, 3.63) is 0 Å². The van der Waals surface area contributed by atoms with E-state index in [-0.39, 0.29) is 29.6 Å². The summed E-state index contributed by atoms with van der Waals surface area (Å²) in [6.07, 6.45) is -2.08. The molecule has 0 aliphatic rings. The van der Waals surface area contributed by atoms with Crippen LogP contribution < -0.4 is 34.7 Å². The van der Waals surface area contributed by atoms with Crippen LogP contribution in [0.1, 0.15) is 0 Å². The molecule has 0 heterocycles. The van der Waals surface area contributed by atoms with Gasteiger partial charge in [-0.25, -0.2) is 0 Å². The van der Waals surface area contributed by atoms with Gasteiger partial charge in [-0.1, -0.05) is 0 Å². The second kappa shape index (κ2) is 4.27. The fraction of sp³-hybridized carbons (Fsp3) is 0. The molecule has 0 aromatic carbocycles. The van der Waals surface area contributed by atoms with Gasteiger partial charge in [-0.05, 0) is 0 Å². The predicted molar refractivity (Wildman–Crippen MR) is 8.02 cm³/mol. The summed E-state index contributed by atoms with van der Waals surface area (Å²) >= 11 is 0. The molecular weight excluding hydrogens is 84.0 g/mol. The van der Waals surface area contributed by atoms with Crippen LogP contribution in [0.25, 0.3) is 0 Å². The van der Waals surface area contributed by atoms with E-state index in [1.807, 2.05) is 0 Å². The Balaban J connectivity index is 0. The van der Waals surface area contributed by atoms with Crippen molar-refractivity contribution in [1.82, 2.24) is 0 Å². The molecule has 0 fully saturated rings. The molecule has 0 aliphatic heterocycles. The van der Waals surface area contributed by atoms with Crippen molar-refractivity contribution in [3.63, 3.8) is 0 Å². The largest absolute Gasteiger partial charge is 1.00 e. The smallest absolute Gasteiger partial charge is 0.565 e. The molecule has 0 amide bonds. The maximum Gasteiger partial charge on any atom is 1.00 e. The van der Waals surface area contributed by atoms with E-state index in [9.17, 15) is 0 Å². The molecule has 5 heavy (non-hydrogen) atoms. The van der Waals surface area contributed by atoms with Gasteiger partial charge in [0.2, 0.25) is 6.16 Å². The monoisotopic (exact) mass is 85.0 g/mol. The quantitative estimate of drug-likeness (QED) is 0.240. The van der Waals surface area contributed by atoms with Gasteiger partial charge in [0.15, 0.2) is 0 Å². The Bertz CT molecular complexity index is 29.9. The Morgan fingerprint density at radius 3 is 1.80 bits per heavy atom. The van der Waals surface area contributed by atoms with Crippen LogP contribution in [0, 0.1) is 0 Å². The van der Waals surface area contributed by atoms with E-state index < -0.39 is 6.16 Å². The third-order valence-electron chi connectivity index (χ3n) is 0. The van der Waals surface area contributed by atoms with E-state index >= 15 is 0 Å². The first kappa shape index (κ1) is 8.99. The summed E-state index contributed by atoms with van der Waals surface area (Å²) in [6.45, 7) is 0. The van der Waals surface area contributed by atoms with Crippen LogP contribution in [0.15, 0.2) is 0 Å². The van der Waals surface area contributed by atoms with Gasteiger partial charge in [0.05, 0.1) is 0 Å². The molecule has 0 atom stereocenters. The van der Waals surface area contributed by atoms with E-state index in [2.05, 4.69) is 0 Å². The minimum Gasteiger partial charge on any atom is -0.565 e. The molecule has 24 valence electrons. The Hall–Kier alpha value is 0.270. The summed E-state index contributed by atoms with van der Waals surface area (Å²) in [7, 11) is 0. The Kier molecular flexibility index (Phi) is 7.67. The maximum atomic E-state index is 8.44. The first-order valence-electron chi connectivity index (χ1n) is 0.632. The molecule has 0 rings (SSSR count). The SMILES string of the molecule is O=[13C]([O-])O.[Na+]. The van der Waals surface area contributed by atoms with Crippen molar-refractivity contribution in [1.29, 1.82) is 0 Å². The van der Waals surface area contributed by atoms with Crippen LogP contribution in [-0.2, 0) is 0 Å². The summed E-state index contributed by atoms with van der Waals surface area (Å²) in [5.41, 5.74) is 0. The topological polar surface area (TPSA) is 60.4 Å². The van der Waals surface area contributed by atoms with Crippen LogP contribution in [0.2, 0.25) is 0 Å². The molecule has 0 saturated heterocycles. The third-order valence-corrected chi connectivity index (χ3v) is 0. The third kappa shape index (κ3) is 302. The van der Waals surface area contributed by atoms with Crippen LogP contribution in [0.3, 0.4) is 0 Å². The van der Waals surface area contributed by atoms with Gasteiger partial charge in [0, 0.05) is 0 Å². The van der Waals surface area contributed by atoms with Crippen molar-refractivity contribution in [2.45, 2.75) is 0 Å². The summed E-state index contributed by atoms with van der Waals surface area (Å²) in [5.74, 6) is 0. The van der Waals surface area contributed by atoms with Gasteiger partial charge in [0.25, 0.3) is 0 Å². The molecule has 0 spiro atoms. The van der Waals surface area contributed by atoms with Crippen molar-refractivity contribution in [2.75, 3.05) is 0 Å². The predicted octanol–water partition coefficient (Wildman–Crippen LogP) is -4.11. The fourth-order valence-electron chi connectivity index (χ4n) is 0. The number of hydrogen-bond donors (Lipinski definition) is 1. The minimum absolute atomic E-state index is 0. The second-order valence-electron chi connectivity index (χ2n) is 0.266. The normalized spacial score (nSPS) is 4.80. The van der Waals surface area contributed by atoms with Gasteiger partial charge in [-0.2, -0.15) is 0 Å². The summed E-state index contributed by atoms with van der Waals surface area (Å²) in [6, 6.07) is 0. The molecule has 0 aliphatic carbocycles. The molecule has 0 aromatic rings. The zero-order chi connectivity index (χ0) is 3.58. The molecule has 0 bridgehead atoms.